The van der Waals surface area contributed by atoms with Crippen molar-refractivity contribution in [2.24, 2.45) is 0 Å². The maximum atomic E-state index is 6.15. The molecule has 7 heteroatoms. The molecule has 1 N–H and O–H groups in total. The molecular formula is C23H30N6O. The monoisotopic (exact) mass is 406 g/mol. The molecule has 5 rings (SSSR count). The predicted molar refractivity (Wildman–Crippen MR) is 119 cm³/mol. The molecule has 0 spiro atoms. The van der Waals surface area contributed by atoms with E-state index in [4.69, 9.17) is 4.74 Å². The molecule has 158 valence electrons. The summed E-state index contributed by atoms with van der Waals surface area (Å²) >= 11 is 0. The lowest BCUT2D eigenvalue weighted by Gasteiger charge is -2.42. The summed E-state index contributed by atoms with van der Waals surface area (Å²) in [5.74, 6) is 1.85. The molecular weight excluding hydrogens is 376 g/mol. The number of fused-ring (bicyclic) bond motifs is 1. The number of rotatable bonds is 5. The first-order chi connectivity index (χ1) is 14.4. The molecule has 30 heavy (non-hydrogen) atoms. The molecule has 1 aromatic carbocycles. The number of nitrogens with zero attached hydrogens (tertiary/aromatic N) is 5. The van der Waals surface area contributed by atoms with Crippen LogP contribution in [0.3, 0.4) is 0 Å². The number of hydrogen-bond acceptors (Lipinski definition) is 6. The van der Waals surface area contributed by atoms with Crippen molar-refractivity contribution >= 4 is 16.7 Å². The molecule has 2 fully saturated rings. The maximum absolute atomic E-state index is 6.15. The molecule has 1 saturated carbocycles. The van der Waals surface area contributed by atoms with E-state index >= 15 is 0 Å². The van der Waals surface area contributed by atoms with Crippen LogP contribution in [-0.2, 0) is 0 Å². The van der Waals surface area contributed by atoms with Gasteiger partial charge in [-0.05, 0) is 58.7 Å². The summed E-state index contributed by atoms with van der Waals surface area (Å²) in [5.41, 5.74) is 2.65. The van der Waals surface area contributed by atoms with Gasteiger partial charge in [0, 0.05) is 43.2 Å². The van der Waals surface area contributed by atoms with Crippen LogP contribution in [0.2, 0.25) is 0 Å². The average molecular weight is 407 g/mol. The average Bonchev–Trinajstić information content (AvgIpc) is 3.30. The number of ether oxygens (including phenoxy) is 1. The van der Waals surface area contributed by atoms with Gasteiger partial charge >= 0.3 is 0 Å². The van der Waals surface area contributed by atoms with E-state index in [0.29, 0.717) is 12.1 Å². The largest absolute Gasteiger partial charge is 0.488 e. The Hall–Kier alpha value is -2.67. The number of piperazine rings is 1. The summed E-state index contributed by atoms with van der Waals surface area (Å²) in [6, 6.07) is 9.22. The van der Waals surface area contributed by atoms with Crippen molar-refractivity contribution in [2.75, 3.05) is 24.5 Å². The van der Waals surface area contributed by atoms with Gasteiger partial charge in [-0.1, -0.05) is 0 Å². The van der Waals surface area contributed by atoms with Crippen LogP contribution in [0, 0.1) is 0 Å². The molecule has 3 heterocycles. The normalized spacial score (nSPS) is 21.4. The third-order valence-electron chi connectivity index (χ3n) is 6.41. The van der Waals surface area contributed by atoms with E-state index in [2.05, 4.69) is 69.8 Å². The van der Waals surface area contributed by atoms with Crippen LogP contribution < -0.4 is 9.64 Å². The van der Waals surface area contributed by atoms with E-state index in [-0.39, 0.29) is 5.60 Å². The van der Waals surface area contributed by atoms with E-state index < -0.39 is 0 Å². The van der Waals surface area contributed by atoms with Gasteiger partial charge in [-0.15, -0.1) is 0 Å². The van der Waals surface area contributed by atoms with Crippen molar-refractivity contribution in [1.82, 2.24) is 25.1 Å². The highest BCUT2D eigenvalue weighted by molar-refractivity contribution is 5.93. The number of benzene rings is 1. The molecule has 2 aliphatic rings. The van der Waals surface area contributed by atoms with E-state index in [1.54, 1.807) is 6.33 Å². The Balaban J connectivity index is 1.43. The van der Waals surface area contributed by atoms with Crippen molar-refractivity contribution in [2.45, 2.75) is 58.2 Å². The SMILES string of the molecule is CC(C)N1CCN(c2cc(-c3n[nH]c4ccc(OC5(C)CC5)cc34)ncn2)C[C@H]1C. The van der Waals surface area contributed by atoms with Crippen LogP contribution in [0.25, 0.3) is 22.3 Å². The Bertz CT molecular complexity index is 1060. The minimum atomic E-state index is -0.00547. The number of aromatic nitrogens is 4. The van der Waals surface area contributed by atoms with Gasteiger partial charge in [0.2, 0.25) is 0 Å². The molecule has 2 aromatic heterocycles. The maximum Gasteiger partial charge on any atom is 0.132 e. The Morgan fingerprint density at radius 3 is 2.73 bits per heavy atom. The summed E-state index contributed by atoms with van der Waals surface area (Å²) in [6.45, 7) is 12.0. The Labute approximate surface area is 177 Å². The van der Waals surface area contributed by atoms with Crippen molar-refractivity contribution in [1.29, 1.82) is 0 Å². The fourth-order valence-electron chi connectivity index (χ4n) is 4.41. The van der Waals surface area contributed by atoms with E-state index in [9.17, 15) is 0 Å². The van der Waals surface area contributed by atoms with E-state index in [1.807, 2.05) is 12.1 Å². The van der Waals surface area contributed by atoms with Crippen LogP contribution in [0.15, 0.2) is 30.6 Å². The van der Waals surface area contributed by atoms with Gasteiger partial charge in [0.15, 0.2) is 0 Å². The summed E-state index contributed by atoms with van der Waals surface area (Å²) in [7, 11) is 0. The standard InChI is InChI=1S/C23H30N6O/c1-15(2)29-10-9-28(13-16(29)3)21-12-20(24-14-25-21)22-18-11-17(30-23(4)7-8-23)5-6-19(18)26-27-22/h5-6,11-12,14-16H,7-10,13H2,1-4H3,(H,26,27)/t16-/m1/s1. The third-order valence-corrected chi connectivity index (χ3v) is 6.41. The van der Waals surface area contributed by atoms with Gasteiger partial charge in [0.1, 0.15) is 29.2 Å². The number of H-pyrrole nitrogens is 1. The zero-order valence-corrected chi connectivity index (χ0v) is 18.2. The quantitative estimate of drug-likeness (QED) is 0.694. The smallest absolute Gasteiger partial charge is 0.132 e. The zero-order chi connectivity index (χ0) is 20.9. The second-order valence-corrected chi connectivity index (χ2v) is 9.22. The van der Waals surface area contributed by atoms with Crippen molar-refractivity contribution in [3.63, 3.8) is 0 Å². The molecule has 0 amide bonds. The molecule has 1 saturated heterocycles. The summed E-state index contributed by atoms with van der Waals surface area (Å²) in [5, 5.41) is 8.72. The lowest BCUT2D eigenvalue weighted by atomic mass is 10.1. The first kappa shape index (κ1) is 19.3. The minimum Gasteiger partial charge on any atom is -0.488 e. The van der Waals surface area contributed by atoms with Gasteiger partial charge in [-0.3, -0.25) is 10.00 Å². The van der Waals surface area contributed by atoms with Gasteiger partial charge in [-0.25, -0.2) is 9.97 Å². The zero-order valence-electron chi connectivity index (χ0n) is 18.2. The lowest BCUT2D eigenvalue weighted by molar-refractivity contribution is 0.148. The molecule has 1 aliphatic heterocycles. The molecule has 0 radical (unpaired) electrons. The Morgan fingerprint density at radius 2 is 2.00 bits per heavy atom. The molecule has 0 unspecified atom stereocenters. The van der Waals surface area contributed by atoms with Gasteiger partial charge in [0.05, 0.1) is 11.2 Å². The van der Waals surface area contributed by atoms with Crippen LogP contribution in [0.1, 0.15) is 40.5 Å². The highest BCUT2D eigenvalue weighted by Crippen LogP contribution is 2.40. The molecule has 3 aromatic rings. The number of aromatic amines is 1. The number of nitrogens with one attached hydrogen (secondary N) is 1. The second-order valence-electron chi connectivity index (χ2n) is 9.22. The Kier molecular flexibility index (Phi) is 4.65. The first-order valence-corrected chi connectivity index (χ1v) is 10.9. The fourth-order valence-corrected chi connectivity index (χ4v) is 4.41. The van der Waals surface area contributed by atoms with Gasteiger partial charge < -0.3 is 9.64 Å². The lowest BCUT2D eigenvalue weighted by Crippen LogP contribution is -2.54. The fraction of sp³-hybridized carbons (Fsp3) is 0.522. The van der Waals surface area contributed by atoms with E-state index in [0.717, 1.165) is 66.3 Å². The second kappa shape index (κ2) is 7.23. The van der Waals surface area contributed by atoms with Crippen molar-refractivity contribution in [3.05, 3.63) is 30.6 Å². The van der Waals surface area contributed by atoms with Gasteiger partial charge in [-0.2, -0.15) is 5.10 Å². The molecule has 1 aliphatic carbocycles. The molecule has 1 atom stereocenters. The predicted octanol–water partition coefficient (Wildman–Crippen LogP) is 3.87. The Morgan fingerprint density at radius 1 is 1.17 bits per heavy atom. The topological polar surface area (TPSA) is 70.2 Å². The summed E-state index contributed by atoms with van der Waals surface area (Å²) in [6.07, 6.45) is 3.87. The number of anilines is 1. The van der Waals surface area contributed by atoms with Crippen molar-refractivity contribution < 1.29 is 4.74 Å². The first-order valence-electron chi connectivity index (χ1n) is 10.9. The van der Waals surface area contributed by atoms with Crippen LogP contribution >= 0.6 is 0 Å². The summed E-state index contributed by atoms with van der Waals surface area (Å²) in [4.78, 5) is 14.0. The van der Waals surface area contributed by atoms with E-state index in [1.165, 1.54) is 0 Å². The number of hydrogen-bond donors (Lipinski definition) is 1. The van der Waals surface area contributed by atoms with Crippen molar-refractivity contribution in [3.8, 4) is 17.1 Å². The minimum absolute atomic E-state index is 0.00547. The van der Waals surface area contributed by atoms with Crippen LogP contribution in [-0.4, -0.2) is 62.4 Å². The molecule has 0 bridgehead atoms. The van der Waals surface area contributed by atoms with Gasteiger partial charge in [0.25, 0.3) is 0 Å². The van der Waals surface area contributed by atoms with Crippen LogP contribution in [0.5, 0.6) is 5.75 Å². The summed E-state index contributed by atoms with van der Waals surface area (Å²) < 4.78 is 6.15. The third kappa shape index (κ3) is 3.62. The molecule has 7 nitrogen and oxygen atoms in total. The highest BCUT2D eigenvalue weighted by Gasteiger charge is 2.40. The van der Waals surface area contributed by atoms with Crippen LogP contribution in [0.4, 0.5) is 5.82 Å². The highest BCUT2D eigenvalue weighted by atomic mass is 16.5.